The van der Waals surface area contributed by atoms with Crippen molar-refractivity contribution < 1.29 is 4.79 Å². The molecule has 0 spiro atoms. The van der Waals surface area contributed by atoms with Gasteiger partial charge in [0.05, 0.1) is 0 Å². The Morgan fingerprint density at radius 2 is 1.17 bits per heavy atom. The number of fused-ring (bicyclic) bond motifs is 2. The first-order chi connectivity index (χ1) is 14.3. The second-order valence-electron chi connectivity index (χ2n) is 8.71. The van der Waals surface area contributed by atoms with Gasteiger partial charge < -0.3 is 0 Å². The monoisotopic (exact) mass is 396 g/mol. The summed E-state index contributed by atoms with van der Waals surface area (Å²) in [7, 11) is 0. The Morgan fingerprint density at radius 1 is 0.667 bits per heavy atom. The maximum absolute atomic E-state index is 11.4. The van der Waals surface area contributed by atoms with Gasteiger partial charge in [0, 0.05) is 5.56 Å². The van der Waals surface area contributed by atoms with Crippen molar-refractivity contribution in [1.29, 1.82) is 0 Å². The molecule has 0 unspecified atom stereocenters. The van der Waals surface area contributed by atoms with Gasteiger partial charge in [0.2, 0.25) is 0 Å². The molecule has 0 N–H and O–H groups in total. The highest BCUT2D eigenvalue weighted by Gasteiger charge is 2.06. The van der Waals surface area contributed by atoms with Crippen LogP contribution in [0.3, 0.4) is 0 Å². The first-order valence-electron chi connectivity index (χ1n) is 10.8. The molecule has 154 valence electrons. The van der Waals surface area contributed by atoms with E-state index >= 15 is 0 Å². The van der Waals surface area contributed by atoms with E-state index in [9.17, 15) is 4.79 Å². The van der Waals surface area contributed by atoms with E-state index < -0.39 is 0 Å². The summed E-state index contributed by atoms with van der Waals surface area (Å²) in [5.74, 6) is 1.34. The highest BCUT2D eigenvalue weighted by molar-refractivity contribution is 6.07. The lowest BCUT2D eigenvalue weighted by atomic mass is 9.96. The fraction of sp³-hybridized carbons (Fsp3) is 0.276. The molecule has 0 fully saturated rings. The molecule has 30 heavy (non-hydrogen) atoms. The fourth-order valence-electron chi connectivity index (χ4n) is 3.76. The molecule has 0 heterocycles. The quantitative estimate of drug-likeness (QED) is 0.317. The van der Waals surface area contributed by atoms with Gasteiger partial charge >= 0.3 is 0 Å². The Hall–Kier alpha value is -2.93. The van der Waals surface area contributed by atoms with E-state index in [-0.39, 0.29) is 5.78 Å². The van der Waals surface area contributed by atoms with Crippen LogP contribution in [0.15, 0.2) is 72.8 Å². The van der Waals surface area contributed by atoms with Crippen molar-refractivity contribution >= 4 is 27.3 Å². The van der Waals surface area contributed by atoms with E-state index in [0.717, 1.165) is 10.9 Å². The van der Waals surface area contributed by atoms with Crippen molar-refractivity contribution in [2.45, 2.75) is 53.4 Å². The maximum atomic E-state index is 11.4. The van der Waals surface area contributed by atoms with Crippen LogP contribution in [0, 0.1) is 6.92 Å². The van der Waals surface area contributed by atoms with Gasteiger partial charge in [0.25, 0.3) is 0 Å². The SMILES string of the molecule is CC(=O)c1ccc(C)c2ccccc12.CC(C)c1ccc2cc(C(C)C)ccc2c1. The Bertz CT molecular complexity index is 1130. The summed E-state index contributed by atoms with van der Waals surface area (Å²) in [6.07, 6.45) is 0. The highest BCUT2D eigenvalue weighted by Crippen LogP contribution is 2.25. The van der Waals surface area contributed by atoms with Gasteiger partial charge in [-0.2, -0.15) is 0 Å². The molecule has 0 aliphatic carbocycles. The molecule has 0 aromatic heterocycles. The number of carbonyl (C=O) groups excluding carboxylic acids is 1. The number of aryl methyl sites for hydroxylation is 1. The second-order valence-corrected chi connectivity index (χ2v) is 8.71. The average molecular weight is 397 g/mol. The molecule has 0 saturated heterocycles. The zero-order valence-corrected chi connectivity index (χ0v) is 19.0. The number of benzene rings is 4. The van der Waals surface area contributed by atoms with E-state index in [2.05, 4.69) is 77.1 Å². The molecule has 0 saturated carbocycles. The van der Waals surface area contributed by atoms with Crippen LogP contribution >= 0.6 is 0 Å². The van der Waals surface area contributed by atoms with Crippen LogP contribution < -0.4 is 0 Å². The molecule has 1 heteroatoms. The molecular weight excluding hydrogens is 364 g/mol. The molecule has 0 aliphatic rings. The van der Waals surface area contributed by atoms with Crippen LogP contribution in [0.4, 0.5) is 0 Å². The van der Waals surface area contributed by atoms with Crippen LogP contribution in [0.5, 0.6) is 0 Å². The first kappa shape index (κ1) is 21.8. The molecule has 4 aromatic carbocycles. The van der Waals surface area contributed by atoms with E-state index in [4.69, 9.17) is 0 Å². The van der Waals surface area contributed by atoms with Crippen molar-refractivity contribution in [1.82, 2.24) is 0 Å². The van der Waals surface area contributed by atoms with Gasteiger partial charge in [-0.3, -0.25) is 4.79 Å². The normalized spacial score (nSPS) is 11.1. The number of carbonyl (C=O) groups is 1. The molecule has 0 aliphatic heterocycles. The standard InChI is InChI=1S/C16H20.C13H12O/c1-11(2)13-5-7-16-10-14(12(3)4)6-8-15(16)9-13;1-9-7-8-12(10(2)14)13-6-4-3-5-11(9)13/h5-12H,1-4H3;3-8H,1-2H3. The molecule has 4 rings (SSSR count). The minimum absolute atomic E-state index is 0.126. The van der Waals surface area contributed by atoms with E-state index in [1.54, 1.807) is 6.92 Å². The molecule has 0 amide bonds. The predicted octanol–water partition coefficient (Wildman–Crippen LogP) is 8.44. The van der Waals surface area contributed by atoms with Gasteiger partial charge in [-0.05, 0) is 63.9 Å². The molecule has 0 bridgehead atoms. The lowest BCUT2D eigenvalue weighted by Crippen LogP contribution is -1.94. The summed E-state index contributed by atoms with van der Waals surface area (Å²) in [6.45, 7) is 12.6. The summed E-state index contributed by atoms with van der Waals surface area (Å²) in [5.41, 5.74) is 4.87. The van der Waals surface area contributed by atoms with Gasteiger partial charge in [0.1, 0.15) is 0 Å². The van der Waals surface area contributed by atoms with Crippen LogP contribution in [-0.2, 0) is 0 Å². The Balaban J connectivity index is 0.000000172. The highest BCUT2D eigenvalue weighted by atomic mass is 16.1. The smallest absolute Gasteiger partial charge is 0.160 e. The van der Waals surface area contributed by atoms with Crippen molar-refractivity contribution in [3.8, 4) is 0 Å². The van der Waals surface area contributed by atoms with Crippen molar-refractivity contribution in [2.75, 3.05) is 0 Å². The summed E-state index contributed by atoms with van der Waals surface area (Å²) < 4.78 is 0. The van der Waals surface area contributed by atoms with Crippen LogP contribution in [0.1, 0.15) is 73.5 Å². The van der Waals surface area contributed by atoms with Crippen molar-refractivity contribution in [3.05, 3.63) is 95.1 Å². The van der Waals surface area contributed by atoms with Gasteiger partial charge in [-0.25, -0.2) is 0 Å². The van der Waals surface area contributed by atoms with Crippen molar-refractivity contribution in [3.63, 3.8) is 0 Å². The topological polar surface area (TPSA) is 17.1 Å². The number of hydrogen-bond donors (Lipinski definition) is 0. The number of hydrogen-bond acceptors (Lipinski definition) is 1. The van der Waals surface area contributed by atoms with Gasteiger partial charge in [-0.1, -0.05) is 100 Å². The fourth-order valence-corrected chi connectivity index (χ4v) is 3.76. The molecule has 1 nitrogen and oxygen atoms in total. The van der Waals surface area contributed by atoms with Crippen LogP contribution in [0.2, 0.25) is 0 Å². The Labute approximate surface area is 180 Å². The predicted molar refractivity (Wildman–Crippen MR) is 131 cm³/mol. The molecule has 0 atom stereocenters. The number of rotatable bonds is 3. The van der Waals surface area contributed by atoms with E-state index in [0.29, 0.717) is 11.8 Å². The third-order valence-corrected chi connectivity index (χ3v) is 5.74. The second kappa shape index (κ2) is 9.26. The van der Waals surface area contributed by atoms with E-state index in [1.165, 1.54) is 32.8 Å². The maximum Gasteiger partial charge on any atom is 0.160 e. The summed E-state index contributed by atoms with van der Waals surface area (Å²) >= 11 is 0. The van der Waals surface area contributed by atoms with Crippen molar-refractivity contribution in [2.24, 2.45) is 0 Å². The minimum atomic E-state index is 0.126. The Morgan fingerprint density at radius 3 is 1.63 bits per heavy atom. The largest absolute Gasteiger partial charge is 0.294 e. The van der Waals surface area contributed by atoms with E-state index in [1.807, 2.05) is 30.3 Å². The summed E-state index contributed by atoms with van der Waals surface area (Å²) in [6, 6.07) is 25.5. The minimum Gasteiger partial charge on any atom is -0.294 e. The van der Waals surface area contributed by atoms with Gasteiger partial charge in [-0.15, -0.1) is 0 Å². The Kier molecular flexibility index (Phi) is 6.72. The van der Waals surface area contributed by atoms with Crippen LogP contribution in [0.25, 0.3) is 21.5 Å². The summed E-state index contributed by atoms with van der Waals surface area (Å²) in [5, 5.41) is 4.94. The third kappa shape index (κ3) is 4.79. The van der Waals surface area contributed by atoms with Gasteiger partial charge in [0.15, 0.2) is 5.78 Å². The molecule has 4 aromatic rings. The first-order valence-corrected chi connectivity index (χ1v) is 10.8. The zero-order valence-electron chi connectivity index (χ0n) is 19.0. The lowest BCUT2D eigenvalue weighted by Gasteiger charge is -2.10. The average Bonchev–Trinajstić information content (AvgIpc) is 2.73. The number of ketones is 1. The number of Topliss-reactive ketones (excluding diaryl/α,β-unsaturated/α-hetero) is 1. The van der Waals surface area contributed by atoms with Crippen LogP contribution in [-0.4, -0.2) is 5.78 Å². The lowest BCUT2D eigenvalue weighted by molar-refractivity contribution is 0.101. The molecular formula is C29H32O. The summed E-state index contributed by atoms with van der Waals surface area (Å²) in [4.78, 5) is 11.4. The zero-order chi connectivity index (χ0) is 21.8. The third-order valence-electron chi connectivity index (χ3n) is 5.74. The molecule has 0 radical (unpaired) electrons.